The molecule has 0 spiro atoms. The third kappa shape index (κ3) is 1.50. The minimum absolute atomic E-state index is 1.16. The van der Waals surface area contributed by atoms with Crippen LogP contribution in [0.25, 0.3) is 5.57 Å². The molecule has 1 aromatic rings. The van der Waals surface area contributed by atoms with E-state index in [2.05, 4.69) is 39.0 Å². The summed E-state index contributed by atoms with van der Waals surface area (Å²) >= 11 is 0. The molecule has 14 heavy (non-hydrogen) atoms. The molecule has 0 bridgehead atoms. The average molecular weight is 186 g/mol. The van der Waals surface area contributed by atoms with E-state index < -0.39 is 0 Å². The monoisotopic (exact) mass is 186 g/mol. The Hall–Kier alpha value is -1.04. The van der Waals surface area contributed by atoms with Gasteiger partial charge in [-0.3, -0.25) is 0 Å². The van der Waals surface area contributed by atoms with Crippen LogP contribution in [0.15, 0.2) is 23.8 Å². The SMILES string of the molecule is CCCc1ccc2c(c1)C(C)=C(C)C2. The fourth-order valence-corrected chi connectivity index (χ4v) is 2.22. The highest BCUT2D eigenvalue weighted by atomic mass is 14.2. The van der Waals surface area contributed by atoms with Gasteiger partial charge in [0.05, 0.1) is 0 Å². The van der Waals surface area contributed by atoms with E-state index >= 15 is 0 Å². The van der Waals surface area contributed by atoms with Crippen molar-refractivity contribution in [2.75, 3.05) is 0 Å². The molecule has 0 radical (unpaired) electrons. The highest BCUT2D eigenvalue weighted by Gasteiger charge is 2.15. The molecular weight excluding hydrogens is 168 g/mol. The maximum Gasteiger partial charge on any atom is -0.00579 e. The lowest BCUT2D eigenvalue weighted by molar-refractivity contribution is 0.920. The van der Waals surface area contributed by atoms with E-state index in [9.17, 15) is 0 Å². The van der Waals surface area contributed by atoms with Crippen molar-refractivity contribution in [1.29, 1.82) is 0 Å². The van der Waals surface area contributed by atoms with Crippen molar-refractivity contribution in [3.8, 4) is 0 Å². The van der Waals surface area contributed by atoms with Crippen LogP contribution >= 0.6 is 0 Å². The van der Waals surface area contributed by atoms with Crippen LogP contribution in [-0.2, 0) is 12.8 Å². The molecule has 1 aromatic carbocycles. The lowest BCUT2D eigenvalue weighted by Gasteiger charge is -2.04. The summed E-state index contributed by atoms with van der Waals surface area (Å²) in [6.45, 7) is 6.73. The Kier molecular flexibility index (Phi) is 2.45. The lowest BCUT2D eigenvalue weighted by Crippen LogP contribution is -1.88. The van der Waals surface area contributed by atoms with Gasteiger partial charge >= 0.3 is 0 Å². The third-order valence-electron chi connectivity index (χ3n) is 3.21. The summed E-state index contributed by atoms with van der Waals surface area (Å²) in [6.07, 6.45) is 3.60. The van der Waals surface area contributed by atoms with Crippen LogP contribution in [0, 0.1) is 0 Å². The second kappa shape index (κ2) is 3.61. The van der Waals surface area contributed by atoms with Crippen molar-refractivity contribution in [2.24, 2.45) is 0 Å². The van der Waals surface area contributed by atoms with Gasteiger partial charge in [-0.05, 0) is 49.0 Å². The van der Waals surface area contributed by atoms with E-state index in [1.165, 1.54) is 40.7 Å². The van der Waals surface area contributed by atoms with Gasteiger partial charge in [0.2, 0.25) is 0 Å². The highest BCUT2D eigenvalue weighted by molar-refractivity contribution is 5.75. The largest absolute Gasteiger partial charge is 0.0654 e. The summed E-state index contributed by atoms with van der Waals surface area (Å²) < 4.78 is 0. The summed E-state index contributed by atoms with van der Waals surface area (Å²) in [5.74, 6) is 0. The van der Waals surface area contributed by atoms with Gasteiger partial charge < -0.3 is 0 Å². The van der Waals surface area contributed by atoms with Crippen LogP contribution in [0.5, 0.6) is 0 Å². The maximum atomic E-state index is 2.38. The van der Waals surface area contributed by atoms with Crippen LogP contribution in [0.2, 0.25) is 0 Å². The quantitative estimate of drug-likeness (QED) is 0.655. The molecule has 0 saturated carbocycles. The minimum Gasteiger partial charge on any atom is -0.0654 e. The number of allylic oxidation sites excluding steroid dienone is 2. The first kappa shape index (κ1) is 9.51. The van der Waals surface area contributed by atoms with Gasteiger partial charge in [-0.2, -0.15) is 0 Å². The topological polar surface area (TPSA) is 0 Å². The number of benzene rings is 1. The molecule has 0 aromatic heterocycles. The Morgan fingerprint density at radius 1 is 1.21 bits per heavy atom. The summed E-state index contributed by atoms with van der Waals surface area (Å²) in [4.78, 5) is 0. The number of rotatable bonds is 2. The van der Waals surface area contributed by atoms with E-state index in [-0.39, 0.29) is 0 Å². The first-order chi connectivity index (χ1) is 6.72. The molecular formula is C14H18. The second-order valence-corrected chi connectivity index (χ2v) is 4.32. The Bertz CT molecular complexity index is 383. The molecule has 0 saturated heterocycles. The molecule has 0 amide bonds. The first-order valence-electron chi connectivity index (χ1n) is 5.51. The van der Waals surface area contributed by atoms with Gasteiger partial charge in [-0.25, -0.2) is 0 Å². The van der Waals surface area contributed by atoms with Crippen LogP contribution in [0.4, 0.5) is 0 Å². The van der Waals surface area contributed by atoms with Gasteiger partial charge in [0, 0.05) is 0 Å². The molecule has 1 aliphatic carbocycles. The van der Waals surface area contributed by atoms with E-state index in [0.717, 1.165) is 6.42 Å². The predicted molar refractivity (Wildman–Crippen MR) is 62.4 cm³/mol. The zero-order valence-electron chi connectivity index (χ0n) is 9.35. The first-order valence-corrected chi connectivity index (χ1v) is 5.51. The smallest absolute Gasteiger partial charge is 0.00579 e. The van der Waals surface area contributed by atoms with Crippen LogP contribution < -0.4 is 0 Å². The van der Waals surface area contributed by atoms with Crippen molar-refractivity contribution in [1.82, 2.24) is 0 Å². The zero-order chi connectivity index (χ0) is 10.1. The molecule has 0 atom stereocenters. The van der Waals surface area contributed by atoms with Crippen molar-refractivity contribution in [3.63, 3.8) is 0 Å². The predicted octanol–water partition coefficient (Wildman–Crippen LogP) is 3.99. The number of fused-ring (bicyclic) bond motifs is 1. The fourth-order valence-electron chi connectivity index (χ4n) is 2.22. The molecule has 0 unspecified atom stereocenters. The van der Waals surface area contributed by atoms with E-state index in [1.807, 2.05) is 0 Å². The maximum absolute atomic E-state index is 2.38. The normalized spacial score (nSPS) is 14.8. The summed E-state index contributed by atoms with van der Waals surface area (Å²) in [5, 5.41) is 0. The van der Waals surface area contributed by atoms with Crippen molar-refractivity contribution in [3.05, 3.63) is 40.5 Å². The Balaban J connectivity index is 2.40. The number of aryl methyl sites for hydroxylation is 1. The molecule has 0 heterocycles. The van der Waals surface area contributed by atoms with Crippen LogP contribution in [0.3, 0.4) is 0 Å². The highest BCUT2D eigenvalue weighted by Crippen LogP contribution is 2.32. The molecule has 0 nitrogen and oxygen atoms in total. The van der Waals surface area contributed by atoms with Gasteiger partial charge in [0.1, 0.15) is 0 Å². The van der Waals surface area contributed by atoms with Crippen molar-refractivity contribution < 1.29 is 0 Å². The summed E-state index contributed by atoms with van der Waals surface area (Å²) in [5.41, 5.74) is 7.53. The van der Waals surface area contributed by atoms with Crippen molar-refractivity contribution >= 4 is 5.57 Å². The minimum atomic E-state index is 1.16. The molecule has 0 heteroatoms. The molecule has 0 N–H and O–H groups in total. The third-order valence-corrected chi connectivity index (χ3v) is 3.21. The van der Waals surface area contributed by atoms with E-state index in [1.54, 1.807) is 0 Å². The van der Waals surface area contributed by atoms with Gasteiger partial charge in [0.25, 0.3) is 0 Å². The molecule has 1 aliphatic rings. The standard InChI is InChI=1S/C14H18/c1-4-5-12-6-7-13-8-10(2)11(3)14(13)9-12/h6-7,9H,4-5,8H2,1-3H3. The fraction of sp³-hybridized carbons (Fsp3) is 0.429. The van der Waals surface area contributed by atoms with Gasteiger partial charge in [-0.1, -0.05) is 37.1 Å². The molecule has 2 rings (SSSR count). The Morgan fingerprint density at radius 2 is 2.00 bits per heavy atom. The zero-order valence-corrected chi connectivity index (χ0v) is 9.35. The van der Waals surface area contributed by atoms with Crippen LogP contribution in [0.1, 0.15) is 43.9 Å². The number of hydrogen-bond donors (Lipinski definition) is 0. The van der Waals surface area contributed by atoms with E-state index in [0.29, 0.717) is 0 Å². The Labute approximate surface area is 86.7 Å². The van der Waals surface area contributed by atoms with Gasteiger partial charge in [0.15, 0.2) is 0 Å². The molecule has 0 aliphatic heterocycles. The summed E-state index contributed by atoms with van der Waals surface area (Å²) in [7, 11) is 0. The summed E-state index contributed by atoms with van der Waals surface area (Å²) in [6, 6.07) is 6.97. The number of hydrogen-bond acceptors (Lipinski definition) is 0. The second-order valence-electron chi connectivity index (χ2n) is 4.32. The van der Waals surface area contributed by atoms with Crippen LogP contribution in [-0.4, -0.2) is 0 Å². The van der Waals surface area contributed by atoms with Gasteiger partial charge in [-0.15, -0.1) is 0 Å². The lowest BCUT2D eigenvalue weighted by atomic mass is 10.0. The van der Waals surface area contributed by atoms with E-state index in [4.69, 9.17) is 0 Å². The average Bonchev–Trinajstić information content (AvgIpc) is 2.45. The molecule has 0 fully saturated rings. The van der Waals surface area contributed by atoms with Crippen molar-refractivity contribution in [2.45, 2.75) is 40.0 Å². The Morgan fingerprint density at radius 3 is 2.71 bits per heavy atom. The molecule has 74 valence electrons.